The SMILES string of the molecule is COC1(C(=O)Nc2cccc(C(=O)N(C)C)c2)CCNCC1. The van der Waals surface area contributed by atoms with Crippen molar-refractivity contribution < 1.29 is 14.3 Å². The molecule has 1 aliphatic rings. The molecule has 1 saturated heterocycles. The van der Waals surface area contributed by atoms with Gasteiger partial charge >= 0.3 is 0 Å². The zero-order valence-electron chi connectivity index (χ0n) is 13.3. The van der Waals surface area contributed by atoms with E-state index in [0.717, 1.165) is 13.1 Å². The second kappa shape index (κ2) is 6.89. The average molecular weight is 305 g/mol. The van der Waals surface area contributed by atoms with E-state index in [1.54, 1.807) is 45.5 Å². The molecular formula is C16H23N3O3. The molecule has 2 amide bonds. The lowest BCUT2D eigenvalue weighted by atomic mass is 9.91. The summed E-state index contributed by atoms with van der Waals surface area (Å²) in [7, 11) is 4.96. The summed E-state index contributed by atoms with van der Waals surface area (Å²) in [5.74, 6) is -0.259. The standard InChI is InChI=1S/C16H23N3O3/c1-19(2)14(20)12-5-4-6-13(11-12)18-15(21)16(22-3)7-9-17-10-8-16/h4-6,11,17H,7-10H2,1-3H3,(H,18,21). The van der Waals surface area contributed by atoms with Gasteiger partial charge < -0.3 is 20.3 Å². The quantitative estimate of drug-likeness (QED) is 0.874. The van der Waals surface area contributed by atoms with Crippen LogP contribution in [0.5, 0.6) is 0 Å². The number of hydrogen-bond donors (Lipinski definition) is 2. The molecule has 120 valence electrons. The Morgan fingerprint density at radius 2 is 1.95 bits per heavy atom. The van der Waals surface area contributed by atoms with Gasteiger partial charge in [-0.05, 0) is 44.1 Å². The number of benzene rings is 1. The highest BCUT2D eigenvalue weighted by Gasteiger charge is 2.39. The lowest BCUT2D eigenvalue weighted by Crippen LogP contribution is -2.51. The lowest BCUT2D eigenvalue weighted by Gasteiger charge is -2.34. The zero-order valence-corrected chi connectivity index (χ0v) is 13.3. The van der Waals surface area contributed by atoms with Gasteiger partial charge in [-0.2, -0.15) is 0 Å². The van der Waals surface area contributed by atoms with E-state index in [4.69, 9.17) is 4.74 Å². The van der Waals surface area contributed by atoms with Gasteiger partial charge in [0.15, 0.2) is 0 Å². The molecule has 22 heavy (non-hydrogen) atoms. The first-order valence-electron chi connectivity index (χ1n) is 7.37. The Morgan fingerprint density at radius 3 is 2.55 bits per heavy atom. The van der Waals surface area contributed by atoms with Gasteiger partial charge in [-0.1, -0.05) is 6.07 Å². The second-order valence-corrected chi connectivity index (χ2v) is 5.68. The summed E-state index contributed by atoms with van der Waals surface area (Å²) in [5.41, 5.74) is 0.347. The fourth-order valence-corrected chi connectivity index (χ4v) is 2.59. The average Bonchev–Trinajstić information content (AvgIpc) is 2.54. The summed E-state index contributed by atoms with van der Waals surface area (Å²) < 4.78 is 5.50. The summed E-state index contributed by atoms with van der Waals surface area (Å²) >= 11 is 0. The number of hydrogen-bond acceptors (Lipinski definition) is 4. The predicted octanol–water partition coefficient (Wildman–Crippen LogP) is 1.10. The van der Waals surface area contributed by atoms with E-state index in [0.29, 0.717) is 24.1 Å². The molecule has 0 spiro atoms. The van der Waals surface area contributed by atoms with Crippen molar-refractivity contribution in [1.82, 2.24) is 10.2 Å². The molecule has 0 bridgehead atoms. The third-order valence-electron chi connectivity index (χ3n) is 3.99. The first-order valence-corrected chi connectivity index (χ1v) is 7.37. The van der Waals surface area contributed by atoms with Crippen molar-refractivity contribution in [1.29, 1.82) is 0 Å². The van der Waals surface area contributed by atoms with Crippen LogP contribution in [-0.2, 0) is 9.53 Å². The topological polar surface area (TPSA) is 70.7 Å². The molecular weight excluding hydrogens is 282 g/mol. The zero-order chi connectivity index (χ0) is 16.2. The summed E-state index contributed by atoms with van der Waals surface area (Å²) in [4.78, 5) is 26.1. The van der Waals surface area contributed by atoms with E-state index in [1.807, 2.05) is 0 Å². The first-order chi connectivity index (χ1) is 10.5. The minimum absolute atomic E-state index is 0.0978. The van der Waals surface area contributed by atoms with Crippen LogP contribution in [0.1, 0.15) is 23.2 Å². The molecule has 0 saturated carbocycles. The number of amides is 2. The highest BCUT2D eigenvalue weighted by molar-refractivity contribution is 5.99. The number of carbonyl (C=O) groups is 2. The van der Waals surface area contributed by atoms with Crippen LogP contribution in [0.15, 0.2) is 24.3 Å². The molecule has 1 aromatic carbocycles. The molecule has 2 N–H and O–H groups in total. The van der Waals surface area contributed by atoms with Gasteiger partial charge in [0.05, 0.1) is 0 Å². The minimum atomic E-state index is -0.799. The fraction of sp³-hybridized carbons (Fsp3) is 0.500. The maximum Gasteiger partial charge on any atom is 0.256 e. The number of ether oxygens (including phenoxy) is 1. The van der Waals surface area contributed by atoms with Crippen molar-refractivity contribution in [3.8, 4) is 0 Å². The van der Waals surface area contributed by atoms with E-state index in [9.17, 15) is 9.59 Å². The maximum atomic E-state index is 12.6. The van der Waals surface area contributed by atoms with Crippen molar-refractivity contribution in [2.45, 2.75) is 18.4 Å². The van der Waals surface area contributed by atoms with Gasteiger partial charge in [0.1, 0.15) is 5.60 Å². The Kier molecular flexibility index (Phi) is 5.15. The van der Waals surface area contributed by atoms with Crippen molar-refractivity contribution >= 4 is 17.5 Å². The number of rotatable bonds is 4. The molecule has 1 aliphatic heterocycles. The number of methoxy groups -OCH3 is 1. The van der Waals surface area contributed by atoms with E-state index >= 15 is 0 Å². The van der Waals surface area contributed by atoms with Crippen LogP contribution >= 0.6 is 0 Å². The number of nitrogens with one attached hydrogen (secondary N) is 2. The van der Waals surface area contributed by atoms with Crippen molar-refractivity contribution in [3.63, 3.8) is 0 Å². The van der Waals surface area contributed by atoms with Gasteiger partial charge in [-0.3, -0.25) is 9.59 Å². The first kappa shape index (κ1) is 16.5. The Bertz CT molecular complexity index is 551. The van der Waals surface area contributed by atoms with Crippen LogP contribution in [0, 0.1) is 0 Å². The van der Waals surface area contributed by atoms with Crippen LogP contribution in [0.25, 0.3) is 0 Å². The maximum absolute atomic E-state index is 12.6. The molecule has 0 aliphatic carbocycles. The molecule has 0 aromatic heterocycles. The number of carbonyl (C=O) groups excluding carboxylic acids is 2. The van der Waals surface area contributed by atoms with Gasteiger partial charge in [-0.15, -0.1) is 0 Å². The van der Waals surface area contributed by atoms with Crippen molar-refractivity contribution in [2.75, 3.05) is 39.6 Å². The number of piperidine rings is 1. The van der Waals surface area contributed by atoms with Gasteiger partial charge in [0.2, 0.25) is 0 Å². The predicted molar refractivity (Wildman–Crippen MR) is 84.9 cm³/mol. The number of anilines is 1. The molecule has 0 atom stereocenters. The van der Waals surface area contributed by atoms with Gasteiger partial charge in [0, 0.05) is 32.5 Å². The summed E-state index contributed by atoms with van der Waals surface area (Å²) in [6, 6.07) is 6.95. The fourth-order valence-electron chi connectivity index (χ4n) is 2.59. The molecule has 1 heterocycles. The van der Waals surface area contributed by atoms with Gasteiger partial charge in [0.25, 0.3) is 11.8 Å². The Morgan fingerprint density at radius 1 is 1.27 bits per heavy atom. The molecule has 1 fully saturated rings. The Hall–Kier alpha value is -1.92. The van der Waals surface area contributed by atoms with Crippen molar-refractivity contribution in [3.05, 3.63) is 29.8 Å². The van der Waals surface area contributed by atoms with Crippen LogP contribution in [0.4, 0.5) is 5.69 Å². The Labute approximate surface area is 130 Å². The van der Waals surface area contributed by atoms with E-state index in [1.165, 1.54) is 4.90 Å². The van der Waals surface area contributed by atoms with Crippen molar-refractivity contribution in [2.24, 2.45) is 0 Å². The molecule has 2 rings (SSSR count). The molecule has 0 radical (unpaired) electrons. The van der Waals surface area contributed by atoms with Gasteiger partial charge in [-0.25, -0.2) is 0 Å². The Balaban J connectivity index is 2.14. The summed E-state index contributed by atoms with van der Waals surface area (Å²) in [5, 5.41) is 6.09. The molecule has 6 heteroatoms. The van der Waals surface area contributed by atoms with Crippen LogP contribution in [-0.4, -0.2) is 56.6 Å². The molecule has 0 unspecified atom stereocenters. The lowest BCUT2D eigenvalue weighted by molar-refractivity contribution is -0.140. The molecule has 1 aromatic rings. The smallest absolute Gasteiger partial charge is 0.256 e. The normalized spacial score (nSPS) is 16.9. The third kappa shape index (κ3) is 3.45. The minimum Gasteiger partial charge on any atom is -0.368 e. The second-order valence-electron chi connectivity index (χ2n) is 5.68. The highest BCUT2D eigenvalue weighted by atomic mass is 16.5. The van der Waals surface area contributed by atoms with Crippen LogP contribution < -0.4 is 10.6 Å². The van der Waals surface area contributed by atoms with E-state index < -0.39 is 5.60 Å². The van der Waals surface area contributed by atoms with Crippen LogP contribution in [0.2, 0.25) is 0 Å². The van der Waals surface area contributed by atoms with E-state index in [-0.39, 0.29) is 11.8 Å². The highest BCUT2D eigenvalue weighted by Crippen LogP contribution is 2.25. The summed E-state index contributed by atoms with van der Waals surface area (Å²) in [6.45, 7) is 1.50. The van der Waals surface area contributed by atoms with E-state index in [2.05, 4.69) is 10.6 Å². The largest absolute Gasteiger partial charge is 0.368 e. The van der Waals surface area contributed by atoms with Crippen LogP contribution in [0.3, 0.4) is 0 Å². The molecule has 6 nitrogen and oxygen atoms in total. The monoisotopic (exact) mass is 305 g/mol. The number of nitrogens with zero attached hydrogens (tertiary/aromatic N) is 1. The third-order valence-corrected chi connectivity index (χ3v) is 3.99. The summed E-state index contributed by atoms with van der Waals surface area (Å²) in [6.07, 6.45) is 1.26.